The summed E-state index contributed by atoms with van der Waals surface area (Å²) in [4.78, 5) is 18.4. The smallest absolute Gasteiger partial charge is 0.266 e. The van der Waals surface area contributed by atoms with Crippen LogP contribution in [0.25, 0.3) is 6.08 Å². The van der Waals surface area contributed by atoms with E-state index in [-0.39, 0.29) is 5.91 Å². The number of hydrogen-bond donors (Lipinski definition) is 0. The Kier molecular flexibility index (Phi) is 5.65. The summed E-state index contributed by atoms with van der Waals surface area (Å²) < 4.78 is 6.02. The summed E-state index contributed by atoms with van der Waals surface area (Å²) in [7, 11) is 0. The maximum Gasteiger partial charge on any atom is 0.266 e. The van der Waals surface area contributed by atoms with Crippen molar-refractivity contribution in [1.82, 2.24) is 9.80 Å². The number of carbonyl (C=O) groups is 1. The van der Waals surface area contributed by atoms with E-state index in [1.54, 1.807) is 16.2 Å². The monoisotopic (exact) mass is 354 g/mol. The highest BCUT2D eigenvalue weighted by Gasteiger charge is 2.31. The lowest BCUT2D eigenvalue weighted by Crippen LogP contribution is -2.38. The van der Waals surface area contributed by atoms with E-state index in [1.165, 1.54) is 11.8 Å². The molecule has 0 N–H and O–H groups in total. The van der Waals surface area contributed by atoms with E-state index in [0.717, 1.165) is 49.1 Å². The molecule has 22 heavy (non-hydrogen) atoms. The van der Waals surface area contributed by atoms with Crippen molar-refractivity contribution >= 4 is 51.6 Å². The van der Waals surface area contributed by atoms with Gasteiger partial charge in [0.05, 0.1) is 18.1 Å². The average Bonchev–Trinajstić information content (AvgIpc) is 3.12. The van der Waals surface area contributed by atoms with Gasteiger partial charge < -0.3 is 4.74 Å². The predicted molar refractivity (Wildman–Crippen MR) is 96.1 cm³/mol. The molecular weight excluding hydrogens is 336 g/mol. The maximum absolute atomic E-state index is 12.4. The van der Waals surface area contributed by atoms with Gasteiger partial charge in [-0.1, -0.05) is 30.0 Å². The molecule has 2 fully saturated rings. The molecule has 1 amide bonds. The fourth-order valence-electron chi connectivity index (χ4n) is 2.47. The second-order valence-corrected chi connectivity index (χ2v) is 7.81. The predicted octanol–water partition coefficient (Wildman–Crippen LogP) is 2.67. The van der Waals surface area contributed by atoms with Crippen molar-refractivity contribution in [3.8, 4) is 0 Å². The molecule has 0 saturated carbocycles. The number of hydrogen-bond acceptors (Lipinski definition) is 6. The minimum absolute atomic E-state index is 0.0466. The van der Waals surface area contributed by atoms with Crippen LogP contribution in [0.4, 0.5) is 0 Å². The molecule has 118 valence electrons. The van der Waals surface area contributed by atoms with Crippen molar-refractivity contribution in [3.05, 3.63) is 27.3 Å². The van der Waals surface area contributed by atoms with Crippen LogP contribution in [0.15, 0.2) is 22.4 Å². The molecule has 2 aliphatic rings. The van der Waals surface area contributed by atoms with Gasteiger partial charge in [0.1, 0.15) is 4.32 Å². The molecule has 0 radical (unpaired) electrons. The molecule has 0 bridgehead atoms. The highest BCUT2D eigenvalue weighted by atomic mass is 32.2. The fraction of sp³-hybridized carbons (Fsp3) is 0.467. The Hall–Kier alpha value is -0.730. The highest BCUT2D eigenvalue weighted by Crippen LogP contribution is 2.33. The van der Waals surface area contributed by atoms with Crippen molar-refractivity contribution < 1.29 is 9.53 Å². The van der Waals surface area contributed by atoms with Gasteiger partial charge in [-0.25, -0.2) is 0 Å². The van der Waals surface area contributed by atoms with Gasteiger partial charge in [-0.2, -0.15) is 0 Å². The van der Waals surface area contributed by atoms with Gasteiger partial charge in [-0.3, -0.25) is 14.6 Å². The van der Waals surface area contributed by atoms with E-state index in [2.05, 4.69) is 4.90 Å². The number of thioether (sulfide) groups is 1. The zero-order chi connectivity index (χ0) is 15.4. The fourth-order valence-corrected chi connectivity index (χ4v) is 4.50. The molecule has 1 aromatic rings. The first kappa shape index (κ1) is 16.1. The lowest BCUT2D eigenvalue weighted by Gasteiger charge is -2.27. The van der Waals surface area contributed by atoms with Crippen molar-refractivity contribution in [2.45, 2.75) is 6.42 Å². The number of ether oxygens (including phenoxy) is 1. The first-order chi connectivity index (χ1) is 10.7. The Morgan fingerprint density at radius 1 is 1.32 bits per heavy atom. The van der Waals surface area contributed by atoms with Crippen molar-refractivity contribution in [1.29, 1.82) is 0 Å². The molecule has 0 aromatic carbocycles. The second kappa shape index (κ2) is 7.70. The van der Waals surface area contributed by atoms with Gasteiger partial charge in [0.2, 0.25) is 0 Å². The summed E-state index contributed by atoms with van der Waals surface area (Å²) in [5.41, 5.74) is 0. The molecule has 3 rings (SSSR count). The number of thiophene rings is 1. The standard InChI is InChI=1S/C15H18N2O2S3/c18-14-13(11-12-3-1-10-21-12)22-15(20)17(14)5-2-4-16-6-8-19-9-7-16/h1,3,10-11H,2,4-9H2. The molecule has 4 nitrogen and oxygen atoms in total. The van der Waals surface area contributed by atoms with Gasteiger partial charge >= 0.3 is 0 Å². The van der Waals surface area contributed by atoms with Crippen molar-refractivity contribution in [2.75, 3.05) is 39.4 Å². The summed E-state index contributed by atoms with van der Waals surface area (Å²) in [5.74, 6) is 0.0466. The molecule has 2 saturated heterocycles. The third-order valence-electron chi connectivity index (χ3n) is 3.65. The topological polar surface area (TPSA) is 32.8 Å². The number of morpholine rings is 1. The quantitative estimate of drug-likeness (QED) is 0.600. The van der Waals surface area contributed by atoms with Gasteiger partial charge in [0.25, 0.3) is 5.91 Å². The number of carbonyl (C=O) groups excluding carboxylic acids is 1. The number of rotatable bonds is 5. The Morgan fingerprint density at radius 3 is 2.86 bits per heavy atom. The van der Waals surface area contributed by atoms with E-state index < -0.39 is 0 Å². The van der Waals surface area contributed by atoms with Gasteiger partial charge in [0, 0.05) is 31.1 Å². The first-order valence-electron chi connectivity index (χ1n) is 7.33. The van der Waals surface area contributed by atoms with Crippen LogP contribution in [0.1, 0.15) is 11.3 Å². The summed E-state index contributed by atoms with van der Waals surface area (Å²) >= 11 is 8.39. The van der Waals surface area contributed by atoms with E-state index >= 15 is 0 Å². The van der Waals surface area contributed by atoms with Crippen LogP contribution in [0.2, 0.25) is 0 Å². The molecule has 2 aliphatic heterocycles. The highest BCUT2D eigenvalue weighted by molar-refractivity contribution is 8.26. The van der Waals surface area contributed by atoms with Crippen LogP contribution in [0, 0.1) is 0 Å². The van der Waals surface area contributed by atoms with Crippen LogP contribution < -0.4 is 0 Å². The summed E-state index contributed by atoms with van der Waals surface area (Å²) in [6, 6.07) is 4.00. The summed E-state index contributed by atoms with van der Waals surface area (Å²) in [5, 5.41) is 2.01. The lowest BCUT2D eigenvalue weighted by molar-refractivity contribution is -0.122. The van der Waals surface area contributed by atoms with Crippen LogP contribution in [0.5, 0.6) is 0 Å². The number of thiocarbonyl (C=S) groups is 1. The minimum Gasteiger partial charge on any atom is -0.379 e. The second-order valence-electron chi connectivity index (χ2n) is 5.16. The molecule has 0 spiro atoms. The summed E-state index contributed by atoms with van der Waals surface area (Å²) in [6.45, 7) is 5.27. The van der Waals surface area contributed by atoms with Gasteiger partial charge in [-0.15, -0.1) is 11.3 Å². The number of amides is 1. The maximum atomic E-state index is 12.4. The average molecular weight is 355 g/mol. The zero-order valence-corrected chi connectivity index (χ0v) is 14.6. The molecule has 7 heteroatoms. The Bertz CT molecular complexity index is 565. The third-order valence-corrected chi connectivity index (χ3v) is 5.85. The van der Waals surface area contributed by atoms with Gasteiger partial charge in [-0.05, 0) is 23.9 Å². The molecule has 0 unspecified atom stereocenters. The lowest BCUT2D eigenvalue weighted by atomic mass is 10.3. The molecular formula is C15H18N2O2S3. The van der Waals surface area contributed by atoms with Gasteiger partial charge in [0.15, 0.2) is 0 Å². The zero-order valence-electron chi connectivity index (χ0n) is 12.2. The molecule has 3 heterocycles. The van der Waals surface area contributed by atoms with E-state index in [4.69, 9.17) is 17.0 Å². The Balaban J connectivity index is 1.53. The van der Waals surface area contributed by atoms with Crippen molar-refractivity contribution in [3.63, 3.8) is 0 Å². The SMILES string of the molecule is O=C1C(=Cc2cccs2)SC(=S)N1CCCN1CCOCC1. The minimum atomic E-state index is 0.0466. The Morgan fingerprint density at radius 2 is 2.14 bits per heavy atom. The van der Waals surface area contributed by atoms with Crippen LogP contribution >= 0.6 is 35.3 Å². The molecule has 1 aromatic heterocycles. The normalized spacial score (nSPS) is 22.0. The third kappa shape index (κ3) is 3.97. The molecule has 0 atom stereocenters. The summed E-state index contributed by atoms with van der Waals surface area (Å²) in [6.07, 6.45) is 2.88. The van der Waals surface area contributed by atoms with Crippen LogP contribution in [-0.2, 0) is 9.53 Å². The van der Waals surface area contributed by atoms with E-state index in [9.17, 15) is 4.79 Å². The number of nitrogens with zero attached hydrogens (tertiary/aromatic N) is 2. The van der Waals surface area contributed by atoms with Crippen LogP contribution in [-0.4, -0.2) is 59.4 Å². The Labute approximate surface area is 144 Å². The first-order valence-corrected chi connectivity index (χ1v) is 9.43. The molecule has 0 aliphatic carbocycles. The van der Waals surface area contributed by atoms with Crippen molar-refractivity contribution in [2.24, 2.45) is 0 Å². The van der Waals surface area contributed by atoms with E-state index in [1.807, 2.05) is 23.6 Å². The van der Waals surface area contributed by atoms with E-state index in [0.29, 0.717) is 10.9 Å². The van der Waals surface area contributed by atoms with Crippen LogP contribution in [0.3, 0.4) is 0 Å². The largest absolute Gasteiger partial charge is 0.379 e.